The lowest BCUT2D eigenvalue weighted by molar-refractivity contribution is -0.104. The highest BCUT2D eigenvalue weighted by molar-refractivity contribution is 5.77. The van der Waals surface area contributed by atoms with Gasteiger partial charge in [0.05, 0.1) is 11.4 Å². The first kappa shape index (κ1) is 9.32. The number of rotatable bonds is 2. The van der Waals surface area contributed by atoms with Crippen LogP contribution in [0.25, 0.3) is 6.08 Å². The van der Waals surface area contributed by atoms with Crippen LogP contribution in [0.1, 0.15) is 11.1 Å². The molecule has 0 bridgehead atoms. The predicted molar refractivity (Wildman–Crippen MR) is 55.1 cm³/mol. The smallest absolute Gasteiger partial charge is 0.142 e. The quantitative estimate of drug-likeness (QED) is 0.406. The van der Waals surface area contributed by atoms with Gasteiger partial charge >= 0.3 is 0 Å². The Morgan fingerprint density at radius 2 is 1.85 bits per heavy atom. The van der Waals surface area contributed by atoms with Crippen LogP contribution in [0.15, 0.2) is 18.2 Å². The van der Waals surface area contributed by atoms with Crippen LogP contribution in [0, 0.1) is 6.92 Å². The van der Waals surface area contributed by atoms with Gasteiger partial charge in [-0.15, -0.1) is 0 Å². The van der Waals surface area contributed by atoms with Gasteiger partial charge in [-0.1, -0.05) is 6.08 Å². The van der Waals surface area contributed by atoms with Crippen molar-refractivity contribution in [1.29, 1.82) is 0 Å². The molecule has 0 aliphatic rings. The molecule has 13 heavy (non-hydrogen) atoms. The second-order valence-corrected chi connectivity index (χ2v) is 2.83. The van der Waals surface area contributed by atoms with Gasteiger partial charge in [-0.05, 0) is 36.3 Å². The van der Waals surface area contributed by atoms with Crippen molar-refractivity contribution in [1.82, 2.24) is 0 Å². The van der Waals surface area contributed by atoms with E-state index in [1.165, 1.54) is 6.08 Å². The third kappa shape index (κ3) is 2.08. The van der Waals surface area contributed by atoms with Crippen LogP contribution in [0.2, 0.25) is 0 Å². The third-order valence-electron chi connectivity index (χ3n) is 1.83. The van der Waals surface area contributed by atoms with Crippen LogP contribution in [-0.4, -0.2) is 6.29 Å². The van der Waals surface area contributed by atoms with Crippen molar-refractivity contribution in [3.05, 3.63) is 29.3 Å². The van der Waals surface area contributed by atoms with Gasteiger partial charge in [0.1, 0.15) is 6.29 Å². The molecule has 0 unspecified atom stereocenters. The zero-order valence-corrected chi connectivity index (χ0v) is 7.45. The Hall–Kier alpha value is -1.77. The van der Waals surface area contributed by atoms with Crippen molar-refractivity contribution >= 4 is 23.7 Å². The number of carbonyl (C=O) groups excluding carboxylic acids is 1. The summed E-state index contributed by atoms with van der Waals surface area (Å²) in [6, 6.07) is 3.55. The average molecular weight is 176 g/mol. The van der Waals surface area contributed by atoms with E-state index in [-0.39, 0.29) is 0 Å². The third-order valence-corrected chi connectivity index (χ3v) is 1.83. The highest BCUT2D eigenvalue weighted by Gasteiger charge is 1.99. The number of aryl methyl sites for hydroxylation is 1. The van der Waals surface area contributed by atoms with Gasteiger partial charge in [-0.3, -0.25) is 4.79 Å². The fraction of sp³-hybridized carbons (Fsp3) is 0.100. The standard InChI is InChI=1S/C10H12N2O/c1-7-5-9(11)10(12)6-8(7)3-2-4-13/h2-6H,11-12H2,1H3. The Labute approximate surface area is 77.0 Å². The molecule has 68 valence electrons. The summed E-state index contributed by atoms with van der Waals surface area (Å²) >= 11 is 0. The van der Waals surface area contributed by atoms with Crippen molar-refractivity contribution < 1.29 is 4.79 Å². The average Bonchev–Trinajstić information content (AvgIpc) is 2.09. The molecular formula is C10H12N2O. The van der Waals surface area contributed by atoms with E-state index in [0.29, 0.717) is 11.4 Å². The lowest BCUT2D eigenvalue weighted by Gasteiger charge is -2.04. The first-order valence-corrected chi connectivity index (χ1v) is 3.92. The van der Waals surface area contributed by atoms with Crippen molar-refractivity contribution in [3.8, 4) is 0 Å². The second-order valence-electron chi connectivity index (χ2n) is 2.83. The molecule has 0 saturated heterocycles. The van der Waals surface area contributed by atoms with Crippen LogP contribution in [0.3, 0.4) is 0 Å². The van der Waals surface area contributed by atoms with Crippen molar-refractivity contribution in [2.75, 3.05) is 11.5 Å². The minimum Gasteiger partial charge on any atom is -0.397 e. The van der Waals surface area contributed by atoms with Crippen LogP contribution in [0.5, 0.6) is 0 Å². The summed E-state index contributed by atoms with van der Waals surface area (Å²) < 4.78 is 0. The number of aldehydes is 1. The molecule has 0 saturated carbocycles. The Kier molecular flexibility index (Phi) is 2.69. The zero-order chi connectivity index (χ0) is 9.84. The zero-order valence-electron chi connectivity index (χ0n) is 7.45. The number of carbonyl (C=O) groups is 1. The van der Waals surface area contributed by atoms with E-state index in [4.69, 9.17) is 11.5 Å². The monoisotopic (exact) mass is 176 g/mol. The number of benzene rings is 1. The molecule has 0 atom stereocenters. The fourth-order valence-corrected chi connectivity index (χ4v) is 1.09. The fourth-order valence-electron chi connectivity index (χ4n) is 1.09. The van der Waals surface area contributed by atoms with Gasteiger partial charge in [0.2, 0.25) is 0 Å². The molecule has 1 rings (SSSR count). The molecule has 0 aliphatic carbocycles. The molecule has 0 aliphatic heterocycles. The first-order valence-electron chi connectivity index (χ1n) is 3.92. The molecule has 3 heteroatoms. The van der Waals surface area contributed by atoms with Gasteiger partial charge < -0.3 is 11.5 Å². The summed E-state index contributed by atoms with van der Waals surface area (Å²) in [5, 5.41) is 0. The largest absolute Gasteiger partial charge is 0.397 e. The normalized spacial score (nSPS) is 10.5. The predicted octanol–water partition coefficient (Wildman–Crippen LogP) is 1.37. The van der Waals surface area contributed by atoms with E-state index in [0.717, 1.165) is 17.4 Å². The summed E-state index contributed by atoms with van der Waals surface area (Å²) in [7, 11) is 0. The summed E-state index contributed by atoms with van der Waals surface area (Å²) in [6.07, 6.45) is 3.86. The molecule has 0 amide bonds. The molecule has 0 spiro atoms. The van der Waals surface area contributed by atoms with E-state index in [1.807, 2.05) is 6.92 Å². The summed E-state index contributed by atoms with van der Waals surface area (Å²) in [4.78, 5) is 10.1. The molecule has 3 nitrogen and oxygen atoms in total. The Balaban J connectivity index is 3.15. The van der Waals surface area contributed by atoms with E-state index in [2.05, 4.69) is 0 Å². The van der Waals surface area contributed by atoms with Crippen LogP contribution >= 0.6 is 0 Å². The maximum atomic E-state index is 10.1. The molecule has 1 aromatic rings. The van der Waals surface area contributed by atoms with Crippen molar-refractivity contribution in [2.45, 2.75) is 6.92 Å². The van der Waals surface area contributed by atoms with Gasteiger partial charge in [0.15, 0.2) is 0 Å². The lowest BCUT2D eigenvalue weighted by atomic mass is 10.1. The lowest BCUT2D eigenvalue weighted by Crippen LogP contribution is -1.96. The Bertz CT molecular complexity index is 356. The maximum Gasteiger partial charge on any atom is 0.142 e. The molecule has 0 heterocycles. The van der Waals surface area contributed by atoms with E-state index >= 15 is 0 Å². The topological polar surface area (TPSA) is 69.1 Å². The molecule has 4 N–H and O–H groups in total. The number of anilines is 2. The summed E-state index contributed by atoms with van der Waals surface area (Å²) in [5.74, 6) is 0. The van der Waals surface area contributed by atoms with Crippen molar-refractivity contribution in [2.24, 2.45) is 0 Å². The van der Waals surface area contributed by atoms with Crippen LogP contribution < -0.4 is 11.5 Å². The molecular weight excluding hydrogens is 164 g/mol. The molecule has 0 aromatic heterocycles. The molecule has 0 fully saturated rings. The van der Waals surface area contributed by atoms with Gasteiger partial charge in [-0.2, -0.15) is 0 Å². The van der Waals surface area contributed by atoms with Gasteiger partial charge in [-0.25, -0.2) is 0 Å². The highest BCUT2D eigenvalue weighted by atomic mass is 16.1. The Morgan fingerprint density at radius 1 is 1.23 bits per heavy atom. The molecule has 1 aromatic carbocycles. The van der Waals surface area contributed by atoms with Crippen molar-refractivity contribution in [3.63, 3.8) is 0 Å². The minimum absolute atomic E-state index is 0.538. The van der Waals surface area contributed by atoms with E-state index in [9.17, 15) is 4.79 Å². The minimum atomic E-state index is 0.538. The maximum absolute atomic E-state index is 10.1. The highest BCUT2D eigenvalue weighted by Crippen LogP contribution is 2.21. The number of nitrogen functional groups attached to an aromatic ring is 2. The number of allylic oxidation sites excluding steroid dienone is 1. The SMILES string of the molecule is Cc1cc(N)c(N)cc1C=CC=O. The number of nitrogens with two attached hydrogens (primary N) is 2. The van der Waals surface area contributed by atoms with E-state index < -0.39 is 0 Å². The van der Waals surface area contributed by atoms with Crippen LogP contribution in [0.4, 0.5) is 11.4 Å². The van der Waals surface area contributed by atoms with Gasteiger partial charge in [0.25, 0.3) is 0 Å². The van der Waals surface area contributed by atoms with Gasteiger partial charge in [0, 0.05) is 0 Å². The second kappa shape index (κ2) is 3.76. The number of hydrogen-bond donors (Lipinski definition) is 2. The van der Waals surface area contributed by atoms with E-state index in [1.54, 1.807) is 18.2 Å². The van der Waals surface area contributed by atoms with Crippen LogP contribution in [-0.2, 0) is 4.79 Å². The first-order chi connectivity index (χ1) is 6.15. The summed E-state index contributed by atoms with van der Waals surface area (Å²) in [6.45, 7) is 1.92. The molecule has 0 radical (unpaired) electrons. The summed E-state index contributed by atoms with van der Waals surface area (Å²) in [5.41, 5.74) is 14.2. The number of hydrogen-bond acceptors (Lipinski definition) is 3. The Morgan fingerprint density at radius 3 is 2.46 bits per heavy atom.